The third-order valence-corrected chi connectivity index (χ3v) is 3.72. The maximum Gasteiger partial charge on any atom is 0.221 e. The fraction of sp³-hybridized carbons (Fsp3) is 0.118. The van der Waals surface area contributed by atoms with Gasteiger partial charge in [-0.25, -0.2) is 5.84 Å². The molecule has 0 aliphatic carbocycles. The van der Waals surface area contributed by atoms with E-state index >= 15 is 0 Å². The average molecular weight is 362 g/mol. The Morgan fingerprint density at radius 2 is 1.77 bits per heavy atom. The molecule has 0 bridgehead atoms. The number of rotatable bonds is 4. The Kier molecular flexibility index (Phi) is 7.96. The molecule has 4 nitrogen and oxygen atoms in total. The third kappa shape index (κ3) is 5.35. The van der Waals surface area contributed by atoms with Gasteiger partial charge in [-0.05, 0) is 30.2 Å². The number of benzene rings is 2. The van der Waals surface area contributed by atoms with Crippen molar-refractivity contribution in [3.8, 4) is 0 Å². The zero-order valence-corrected chi connectivity index (χ0v) is 14.2. The highest BCUT2D eigenvalue weighted by Gasteiger charge is 2.00. The summed E-state index contributed by atoms with van der Waals surface area (Å²) in [6, 6.07) is 14.5. The summed E-state index contributed by atoms with van der Waals surface area (Å²) in [7, 11) is 1.95. The van der Waals surface area contributed by atoms with Crippen molar-refractivity contribution in [1.29, 1.82) is 0 Å². The molecule has 2 rings (SSSR count). The summed E-state index contributed by atoms with van der Waals surface area (Å²) in [6.07, 6.45) is 4.69. The van der Waals surface area contributed by atoms with Crippen LogP contribution in [0.15, 0.2) is 46.9 Å². The van der Waals surface area contributed by atoms with Crippen molar-refractivity contribution in [2.24, 2.45) is 5.84 Å². The number of anilines is 1. The van der Waals surface area contributed by atoms with Gasteiger partial charge in [-0.15, -0.1) is 0 Å². The first kappa shape index (κ1) is 17.9. The number of hydrogen-bond acceptors (Lipinski definition) is 3. The monoisotopic (exact) mass is 361 g/mol. The quantitative estimate of drug-likeness (QED) is 0.256. The van der Waals surface area contributed by atoms with Crippen LogP contribution in [0.1, 0.15) is 16.7 Å². The predicted octanol–water partition coefficient (Wildman–Crippen LogP) is 3.58. The molecule has 0 aromatic heterocycles. The highest BCUT2D eigenvalue weighted by molar-refractivity contribution is 9.10. The fourth-order valence-corrected chi connectivity index (χ4v) is 2.32. The summed E-state index contributed by atoms with van der Waals surface area (Å²) in [4.78, 5) is 8.94. The summed E-state index contributed by atoms with van der Waals surface area (Å²) in [5, 5.41) is 3.22. The molecule has 2 aromatic rings. The molecule has 4 N–H and O–H groups in total. The van der Waals surface area contributed by atoms with Crippen LogP contribution in [0.5, 0.6) is 0 Å². The van der Waals surface area contributed by atoms with Crippen LogP contribution in [0.2, 0.25) is 0 Å². The number of nitrogens with one attached hydrogen (secondary N) is 2. The first-order valence-electron chi connectivity index (χ1n) is 6.73. The smallest absolute Gasteiger partial charge is 0.221 e. The van der Waals surface area contributed by atoms with E-state index in [0.29, 0.717) is 6.41 Å². The lowest BCUT2D eigenvalue weighted by atomic mass is 10.0. The Bertz CT molecular complexity index is 642. The Balaban J connectivity index is 0.000000541. The van der Waals surface area contributed by atoms with Crippen LogP contribution in [0.4, 0.5) is 5.69 Å². The molecule has 0 aliphatic rings. The Labute approximate surface area is 139 Å². The van der Waals surface area contributed by atoms with Gasteiger partial charge in [0.1, 0.15) is 0 Å². The summed E-state index contributed by atoms with van der Waals surface area (Å²) in [6.45, 7) is 2.13. The molecule has 0 saturated carbocycles. The normalized spacial score (nSPS) is 9.82. The zero-order chi connectivity index (χ0) is 16.4. The predicted molar refractivity (Wildman–Crippen MR) is 97.2 cm³/mol. The van der Waals surface area contributed by atoms with Crippen molar-refractivity contribution in [2.75, 3.05) is 12.4 Å². The minimum absolute atomic E-state index is 0.403. The van der Waals surface area contributed by atoms with Gasteiger partial charge in [0.25, 0.3) is 0 Å². The topological polar surface area (TPSA) is 67.2 Å². The second-order valence-corrected chi connectivity index (χ2v) is 5.28. The number of carbonyl (C=O) groups excluding carboxylic acids is 1. The van der Waals surface area contributed by atoms with Gasteiger partial charge in [0.05, 0.1) is 0 Å². The average Bonchev–Trinajstić information content (AvgIpc) is 2.55. The van der Waals surface area contributed by atoms with Crippen molar-refractivity contribution < 1.29 is 4.79 Å². The van der Waals surface area contributed by atoms with Crippen LogP contribution in [0.3, 0.4) is 0 Å². The van der Waals surface area contributed by atoms with Crippen molar-refractivity contribution >= 4 is 40.2 Å². The standard InChI is InChI=1S/C16H16BrN.CH4N2O/c1-12-6-5-9-16(18-2)14(12)11-10-13-7-3-4-8-15(13)17;2-3-1-4/h3-11,18H,1-2H3;1H,2H2,(H,3,4)/b11-10+;. The molecule has 1 amide bonds. The number of amides is 1. The number of nitrogens with two attached hydrogens (primary N) is 1. The highest BCUT2D eigenvalue weighted by atomic mass is 79.9. The first-order valence-corrected chi connectivity index (χ1v) is 7.53. The van der Waals surface area contributed by atoms with E-state index in [1.54, 1.807) is 5.43 Å². The summed E-state index contributed by atoms with van der Waals surface area (Å²) >= 11 is 3.56. The number of halogens is 1. The van der Waals surface area contributed by atoms with Gasteiger partial charge in [-0.1, -0.05) is 58.4 Å². The van der Waals surface area contributed by atoms with Gasteiger partial charge in [-0.3, -0.25) is 10.2 Å². The molecule has 0 atom stereocenters. The van der Waals surface area contributed by atoms with Gasteiger partial charge in [0.2, 0.25) is 6.41 Å². The van der Waals surface area contributed by atoms with Crippen LogP contribution >= 0.6 is 15.9 Å². The largest absolute Gasteiger partial charge is 0.388 e. The lowest BCUT2D eigenvalue weighted by Gasteiger charge is -2.08. The molecule has 0 saturated heterocycles. The minimum Gasteiger partial charge on any atom is -0.388 e. The van der Waals surface area contributed by atoms with E-state index in [1.165, 1.54) is 16.7 Å². The molecular weight excluding hydrogens is 342 g/mol. The molecule has 0 spiro atoms. The number of hydrogen-bond donors (Lipinski definition) is 3. The van der Waals surface area contributed by atoms with Gasteiger partial charge in [0, 0.05) is 22.8 Å². The molecule has 0 fully saturated rings. The van der Waals surface area contributed by atoms with Crippen LogP contribution in [0.25, 0.3) is 12.2 Å². The van der Waals surface area contributed by atoms with Gasteiger partial charge < -0.3 is 5.32 Å². The van der Waals surface area contributed by atoms with Crippen molar-refractivity contribution in [2.45, 2.75) is 6.92 Å². The summed E-state index contributed by atoms with van der Waals surface area (Å²) in [5.74, 6) is 4.41. The van der Waals surface area contributed by atoms with E-state index in [2.05, 4.69) is 76.5 Å². The first-order chi connectivity index (χ1) is 10.6. The maximum atomic E-state index is 8.94. The number of aryl methyl sites for hydroxylation is 1. The van der Waals surface area contributed by atoms with E-state index in [9.17, 15) is 0 Å². The van der Waals surface area contributed by atoms with Crippen LogP contribution < -0.4 is 16.6 Å². The molecule has 5 heteroatoms. The van der Waals surface area contributed by atoms with Crippen molar-refractivity contribution in [3.63, 3.8) is 0 Å². The van der Waals surface area contributed by atoms with E-state index in [1.807, 2.05) is 19.2 Å². The number of hydrazine groups is 1. The lowest BCUT2D eigenvalue weighted by Crippen LogP contribution is -2.18. The number of carbonyl (C=O) groups is 1. The Morgan fingerprint density at radius 1 is 1.09 bits per heavy atom. The van der Waals surface area contributed by atoms with Gasteiger partial charge in [0.15, 0.2) is 0 Å². The Morgan fingerprint density at radius 3 is 2.36 bits per heavy atom. The Hall–Kier alpha value is -2.11. The van der Waals surface area contributed by atoms with E-state index in [-0.39, 0.29) is 0 Å². The molecule has 22 heavy (non-hydrogen) atoms. The molecule has 0 radical (unpaired) electrons. The molecule has 0 unspecified atom stereocenters. The van der Waals surface area contributed by atoms with Crippen molar-refractivity contribution in [3.05, 3.63) is 63.6 Å². The van der Waals surface area contributed by atoms with Gasteiger partial charge >= 0.3 is 0 Å². The SMILES string of the molecule is CNc1cccc(C)c1/C=C/c1ccccc1Br.NNC=O. The van der Waals surface area contributed by atoms with E-state index in [0.717, 1.165) is 10.2 Å². The van der Waals surface area contributed by atoms with Crippen LogP contribution in [0, 0.1) is 6.92 Å². The summed E-state index contributed by atoms with van der Waals surface area (Å²) < 4.78 is 1.11. The van der Waals surface area contributed by atoms with E-state index < -0.39 is 0 Å². The molecule has 0 heterocycles. The molecular formula is C17H20BrN3O. The van der Waals surface area contributed by atoms with Crippen molar-refractivity contribution in [1.82, 2.24) is 5.43 Å². The second-order valence-electron chi connectivity index (χ2n) is 4.43. The van der Waals surface area contributed by atoms with Crippen LogP contribution in [-0.2, 0) is 4.79 Å². The zero-order valence-electron chi connectivity index (χ0n) is 12.6. The maximum absolute atomic E-state index is 8.94. The molecule has 116 valence electrons. The minimum atomic E-state index is 0.403. The third-order valence-electron chi connectivity index (χ3n) is 3.00. The fourth-order valence-electron chi connectivity index (χ4n) is 1.90. The van der Waals surface area contributed by atoms with E-state index in [4.69, 9.17) is 4.79 Å². The van der Waals surface area contributed by atoms with Gasteiger partial charge in [-0.2, -0.15) is 0 Å². The molecule has 0 aliphatic heterocycles. The molecule has 2 aromatic carbocycles. The van der Waals surface area contributed by atoms with Crippen LogP contribution in [-0.4, -0.2) is 13.5 Å². The summed E-state index contributed by atoms with van der Waals surface area (Å²) in [5.41, 5.74) is 6.59. The highest BCUT2D eigenvalue weighted by Crippen LogP contribution is 2.24. The lowest BCUT2D eigenvalue weighted by molar-refractivity contribution is -0.109. The second kappa shape index (κ2) is 9.76.